The monoisotopic (exact) mass is 400 g/mol. The van der Waals surface area contributed by atoms with E-state index in [9.17, 15) is 13.2 Å². The summed E-state index contributed by atoms with van der Waals surface area (Å²) in [5, 5.41) is 10.7. The zero-order chi connectivity index (χ0) is 18.6. The fraction of sp³-hybridized carbons (Fsp3) is 0.400. The van der Waals surface area contributed by atoms with Gasteiger partial charge < -0.3 is 0 Å². The van der Waals surface area contributed by atoms with Crippen molar-refractivity contribution in [1.29, 1.82) is 0 Å². The number of rotatable bonds is 7. The van der Waals surface area contributed by atoms with Gasteiger partial charge in [0, 0.05) is 0 Å². The molecule has 1 amide bonds. The van der Waals surface area contributed by atoms with Crippen molar-refractivity contribution < 1.29 is 13.2 Å². The van der Waals surface area contributed by atoms with Gasteiger partial charge in [-0.3, -0.25) is 14.4 Å². The molecule has 0 radical (unpaired) electrons. The van der Waals surface area contributed by atoms with E-state index in [0.29, 0.717) is 10.8 Å². The number of anilines is 2. The third kappa shape index (κ3) is 4.93. The number of aryl methyl sites for hydroxylation is 1. The first-order valence-corrected chi connectivity index (χ1v) is 11.4. The molecule has 0 saturated carbocycles. The van der Waals surface area contributed by atoms with Crippen molar-refractivity contribution in [2.45, 2.75) is 30.6 Å². The lowest BCUT2D eigenvalue weighted by molar-refractivity contribution is -0.116. The van der Waals surface area contributed by atoms with Crippen LogP contribution in [0.25, 0.3) is 0 Å². The molecule has 1 aromatic carbocycles. The number of nitrogens with one attached hydrogen (secondary N) is 1. The Morgan fingerprint density at radius 3 is 2.44 bits per heavy atom. The molecule has 7 nitrogen and oxygen atoms in total. The van der Waals surface area contributed by atoms with Gasteiger partial charge in [0.1, 0.15) is 6.04 Å². The molecule has 10 heteroatoms. The average molecular weight is 401 g/mol. The van der Waals surface area contributed by atoms with Crippen molar-refractivity contribution >= 4 is 49.8 Å². The second-order valence-electron chi connectivity index (χ2n) is 5.32. The van der Waals surface area contributed by atoms with Gasteiger partial charge in [-0.15, -0.1) is 10.2 Å². The number of thioether (sulfide) groups is 1. The van der Waals surface area contributed by atoms with E-state index in [4.69, 9.17) is 0 Å². The minimum Gasteiger partial charge on any atom is -0.299 e. The average Bonchev–Trinajstić information content (AvgIpc) is 3.02. The molecule has 1 heterocycles. The normalized spacial score (nSPS) is 12.6. The molecule has 0 aliphatic carbocycles. The smallest absolute Gasteiger partial charge is 0.249 e. The predicted octanol–water partition coefficient (Wildman–Crippen LogP) is 2.62. The molecule has 0 fully saturated rings. The molecular formula is C15H20N4O3S3. The van der Waals surface area contributed by atoms with Crippen LogP contribution in [0.2, 0.25) is 0 Å². The molecule has 136 valence electrons. The standard InChI is InChI=1S/C15H20N4O3S3/c1-5-11-6-8-12(9-7-11)19(25(4,21)22)10(2)13(20)16-14-17-18-15(23-3)24-14/h6-10H,5H2,1-4H3,(H,16,17,20). The summed E-state index contributed by atoms with van der Waals surface area (Å²) in [6.45, 7) is 3.56. The molecule has 1 N–H and O–H groups in total. The lowest BCUT2D eigenvalue weighted by atomic mass is 10.1. The maximum atomic E-state index is 12.5. The zero-order valence-corrected chi connectivity index (χ0v) is 16.8. The van der Waals surface area contributed by atoms with Crippen molar-refractivity contribution in [3.63, 3.8) is 0 Å². The fourth-order valence-electron chi connectivity index (χ4n) is 2.24. The van der Waals surface area contributed by atoms with Crippen molar-refractivity contribution in [2.75, 3.05) is 22.1 Å². The molecule has 0 aliphatic heterocycles. The van der Waals surface area contributed by atoms with Crippen LogP contribution in [-0.2, 0) is 21.2 Å². The summed E-state index contributed by atoms with van der Waals surface area (Å²) in [6.07, 6.45) is 3.80. The Kier molecular flexibility index (Phi) is 6.42. The van der Waals surface area contributed by atoms with Crippen LogP contribution in [-0.4, -0.2) is 43.1 Å². The van der Waals surface area contributed by atoms with E-state index < -0.39 is 22.0 Å². The van der Waals surface area contributed by atoms with Crippen LogP contribution in [0.3, 0.4) is 0 Å². The summed E-state index contributed by atoms with van der Waals surface area (Å²) < 4.78 is 26.3. The summed E-state index contributed by atoms with van der Waals surface area (Å²) in [5.74, 6) is -0.464. The Balaban J connectivity index is 2.25. The SMILES string of the molecule is CCc1ccc(N(C(C)C(=O)Nc2nnc(SC)s2)S(C)(=O)=O)cc1. The van der Waals surface area contributed by atoms with E-state index in [1.54, 1.807) is 19.1 Å². The number of benzene rings is 1. The van der Waals surface area contributed by atoms with Crippen LogP contribution < -0.4 is 9.62 Å². The van der Waals surface area contributed by atoms with E-state index in [2.05, 4.69) is 15.5 Å². The molecule has 2 aromatic rings. The maximum absolute atomic E-state index is 12.5. The highest BCUT2D eigenvalue weighted by molar-refractivity contribution is 8.00. The minimum atomic E-state index is -3.64. The number of carbonyl (C=O) groups excluding carboxylic acids is 1. The fourth-order valence-corrected chi connectivity index (χ4v) is 4.59. The van der Waals surface area contributed by atoms with Crippen LogP contribution >= 0.6 is 23.1 Å². The van der Waals surface area contributed by atoms with E-state index in [-0.39, 0.29) is 0 Å². The third-order valence-corrected chi connectivity index (χ3v) is 6.55. The Labute approximate surface area is 155 Å². The summed E-state index contributed by atoms with van der Waals surface area (Å²) in [7, 11) is -3.64. The highest BCUT2D eigenvalue weighted by Gasteiger charge is 2.29. The van der Waals surface area contributed by atoms with E-state index in [1.165, 1.54) is 23.1 Å². The van der Waals surface area contributed by atoms with Crippen molar-refractivity contribution in [1.82, 2.24) is 10.2 Å². The van der Waals surface area contributed by atoms with Gasteiger partial charge in [0.2, 0.25) is 21.1 Å². The lowest BCUT2D eigenvalue weighted by Gasteiger charge is -2.28. The first kappa shape index (κ1) is 19.7. The number of hydrogen-bond donors (Lipinski definition) is 1. The number of carbonyl (C=O) groups is 1. The number of amides is 1. The maximum Gasteiger partial charge on any atom is 0.249 e. The Bertz CT molecular complexity index is 834. The van der Waals surface area contributed by atoms with E-state index in [0.717, 1.165) is 26.9 Å². The molecule has 1 atom stereocenters. The number of hydrogen-bond acceptors (Lipinski definition) is 7. The summed E-state index contributed by atoms with van der Waals surface area (Å²) in [5.41, 5.74) is 1.54. The molecule has 1 unspecified atom stereocenters. The molecular weight excluding hydrogens is 380 g/mol. The number of sulfonamides is 1. The van der Waals surface area contributed by atoms with Gasteiger partial charge in [0.25, 0.3) is 0 Å². The molecule has 0 saturated heterocycles. The van der Waals surface area contributed by atoms with Gasteiger partial charge in [-0.2, -0.15) is 0 Å². The van der Waals surface area contributed by atoms with Gasteiger partial charge >= 0.3 is 0 Å². The number of aromatic nitrogens is 2. The number of nitrogens with zero attached hydrogens (tertiary/aromatic N) is 3. The van der Waals surface area contributed by atoms with Gasteiger partial charge in [0.15, 0.2) is 4.34 Å². The quantitative estimate of drug-likeness (QED) is 0.567. The molecule has 0 aliphatic rings. The van der Waals surface area contributed by atoms with Gasteiger partial charge in [0.05, 0.1) is 11.9 Å². The van der Waals surface area contributed by atoms with Gasteiger partial charge in [-0.25, -0.2) is 8.42 Å². The van der Waals surface area contributed by atoms with Gasteiger partial charge in [-0.05, 0) is 37.3 Å². The largest absolute Gasteiger partial charge is 0.299 e. The second-order valence-corrected chi connectivity index (χ2v) is 9.21. The summed E-state index contributed by atoms with van der Waals surface area (Å²) >= 11 is 2.66. The first-order valence-electron chi connectivity index (χ1n) is 7.53. The van der Waals surface area contributed by atoms with Crippen molar-refractivity contribution in [3.05, 3.63) is 29.8 Å². The predicted molar refractivity (Wildman–Crippen MR) is 103 cm³/mol. The van der Waals surface area contributed by atoms with E-state index in [1.807, 2.05) is 25.3 Å². The second kappa shape index (κ2) is 8.15. The highest BCUT2D eigenvalue weighted by Crippen LogP contribution is 2.25. The third-order valence-electron chi connectivity index (χ3n) is 3.50. The van der Waals surface area contributed by atoms with Crippen LogP contribution in [0.5, 0.6) is 0 Å². The Morgan fingerprint density at radius 1 is 1.32 bits per heavy atom. The van der Waals surface area contributed by atoms with Crippen LogP contribution in [0.15, 0.2) is 28.6 Å². The lowest BCUT2D eigenvalue weighted by Crippen LogP contribution is -2.45. The van der Waals surface area contributed by atoms with Crippen LogP contribution in [0.1, 0.15) is 19.4 Å². The topological polar surface area (TPSA) is 92.3 Å². The van der Waals surface area contributed by atoms with Crippen LogP contribution in [0.4, 0.5) is 10.8 Å². The first-order chi connectivity index (χ1) is 11.8. The van der Waals surface area contributed by atoms with Crippen LogP contribution in [0, 0.1) is 0 Å². The zero-order valence-electron chi connectivity index (χ0n) is 14.4. The van der Waals surface area contributed by atoms with Crippen molar-refractivity contribution in [2.24, 2.45) is 0 Å². The minimum absolute atomic E-state index is 0.344. The molecule has 0 bridgehead atoms. The summed E-state index contributed by atoms with van der Waals surface area (Å²) in [4.78, 5) is 12.5. The molecule has 0 spiro atoms. The van der Waals surface area contributed by atoms with E-state index >= 15 is 0 Å². The Hall–Kier alpha value is -1.65. The van der Waals surface area contributed by atoms with Crippen molar-refractivity contribution in [3.8, 4) is 0 Å². The summed E-state index contributed by atoms with van der Waals surface area (Å²) in [6, 6.07) is 6.20. The Morgan fingerprint density at radius 2 is 1.96 bits per heavy atom. The molecule has 1 aromatic heterocycles. The molecule has 25 heavy (non-hydrogen) atoms. The van der Waals surface area contributed by atoms with Gasteiger partial charge in [-0.1, -0.05) is 42.2 Å². The highest BCUT2D eigenvalue weighted by atomic mass is 32.2. The molecule has 2 rings (SSSR count).